The molecule has 0 atom stereocenters. The monoisotopic (exact) mass is 337 g/mol. The SMILES string of the molecule is Cc1ccnn1CCCNC(=O)Cn1nc(C(F)F)cc1C1CC1. The van der Waals surface area contributed by atoms with E-state index in [1.807, 2.05) is 17.7 Å². The Balaban J connectivity index is 1.49. The first-order chi connectivity index (χ1) is 11.5. The Morgan fingerprint density at radius 3 is 2.83 bits per heavy atom. The molecule has 0 bridgehead atoms. The molecule has 0 saturated heterocycles. The van der Waals surface area contributed by atoms with Crippen molar-refractivity contribution < 1.29 is 13.6 Å². The molecular formula is C16H21F2N5O. The molecule has 2 heterocycles. The van der Waals surface area contributed by atoms with Gasteiger partial charge in [-0.2, -0.15) is 10.2 Å². The third-order valence-corrected chi connectivity index (χ3v) is 4.14. The summed E-state index contributed by atoms with van der Waals surface area (Å²) in [6.07, 6.45) is 1.83. The Morgan fingerprint density at radius 2 is 2.21 bits per heavy atom. The van der Waals surface area contributed by atoms with Gasteiger partial charge in [0.05, 0.1) is 0 Å². The zero-order chi connectivity index (χ0) is 17.1. The van der Waals surface area contributed by atoms with Crippen molar-refractivity contribution in [3.63, 3.8) is 0 Å². The lowest BCUT2D eigenvalue weighted by atomic mass is 10.2. The van der Waals surface area contributed by atoms with E-state index < -0.39 is 6.43 Å². The van der Waals surface area contributed by atoms with Gasteiger partial charge in [0, 0.05) is 36.6 Å². The third kappa shape index (κ3) is 3.98. The molecule has 6 nitrogen and oxygen atoms in total. The number of hydrogen-bond acceptors (Lipinski definition) is 3. The summed E-state index contributed by atoms with van der Waals surface area (Å²) in [6.45, 7) is 3.20. The number of aryl methyl sites for hydroxylation is 2. The highest BCUT2D eigenvalue weighted by atomic mass is 19.3. The van der Waals surface area contributed by atoms with E-state index in [1.165, 1.54) is 10.7 Å². The summed E-state index contributed by atoms with van der Waals surface area (Å²) in [7, 11) is 0. The maximum Gasteiger partial charge on any atom is 0.282 e. The highest BCUT2D eigenvalue weighted by Crippen LogP contribution is 2.41. The predicted molar refractivity (Wildman–Crippen MR) is 83.7 cm³/mol. The van der Waals surface area contributed by atoms with Crippen LogP contribution in [0.5, 0.6) is 0 Å². The first-order valence-electron chi connectivity index (χ1n) is 8.15. The van der Waals surface area contributed by atoms with Crippen molar-refractivity contribution >= 4 is 5.91 Å². The van der Waals surface area contributed by atoms with Crippen LogP contribution in [0.4, 0.5) is 8.78 Å². The minimum atomic E-state index is -2.61. The summed E-state index contributed by atoms with van der Waals surface area (Å²) < 4.78 is 28.9. The number of nitrogens with one attached hydrogen (secondary N) is 1. The summed E-state index contributed by atoms with van der Waals surface area (Å²) in [5, 5.41) is 10.9. The Labute approximate surface area is 138 Å². The fourth-order valence-corrected chi connectivity index (χ4v) is 2.67. The van der Waals surface area contributed by atoms with Crippen LogP contribution in [-0.2, 0) is 17.9 Å². The molecule has 0 unspecified atom stereocenters. The number of carbonyl (C=O) groups is 1. The molecule has 0 radical (unpaired) electrons. The fourth-order valence-electron chi connectivity index (χ4n) is 2.67. The number of alkyl halides is 2. The van der Waals surface area contributed by atoms with Crippen LogP contribution in [0, 0.1) is 6.92 Å². The van der Waals surface area contributed by atoms with E-state index in [0.29, 0.717) is 6.54 Å². The van der Waals surface area contributed by atoms with E-state index in [1.54, 1.807) is 6.20 Å². The van der Waals surface area contributed by atoms with E-state index in [0.717, 1.165) is 37.2 Å². The summed E-state index contributed by atoms with van der Waals surface area (Å²) >= 11 is 0. The molecule has 2 aromatic heterocycles. The number of hydrogen-bond donors (Lipinski definition) is 1. The van der Waals surface area contributed by atoms with Crippen molar-refractivity contribution in [2.75, 3.05) is 6.54 Å². The number of carbonyl (C=O) groups excluding carboxylic acids is 1. The predicted octanol–water partition coefficient (Wildman–Crippen LogP) is 2.41. The Morgan fingerprint density at radius 1 is 1.42 bits per heavy atom. The molecule has 1 N–H and O–H groups in total. The molecule has 2 aromatic rings. The molecule has 0 spiro atoms. The molecular weight excluding hydrogens is 316 g/mol. The maximum absolute atomic E-state index is 12.8. The number of halogens is 2. The summed E-state index contributed by atoms with van der Waals surface area (Å²) in [5.41, 5.74) is 1.57. The molecule has 1 fully saturated rings. The van der Waals surface area contributed by atoms with Gasteiger partial charge in [0.2, 0.25) is 5.91 Å². The second-order valence-electron chi connectivity index (χ2n) is 6.13. The van der Waals surface area contributed by atoms with E-state index in [9.17, 15) is 13.6 Å². The summed E-state index contributed by atoms with van der Waals surface area (Å²) in [4.78, 5) is 12.0. The Kier molecular flexibility index (Phi) is 4.92. The number of rotatable bonds is 8. The lowest BCUT2D eigenvalue weighted by Crippen LogP contribution is -2.30. The van der Waals surface area contributed by atoms with Crippen LogP contribution in [0.2, 0.25) is 0 Å². The van der Waals surface area contributed by atoms with E-state index in [-0.39, 0.29) is 24.1 Å². The minimum absolute atomic E-state index is 0.0145. The largest absolute Gasteiger partial charge is 0.354 e. The van der Waals surface area contributed by atoms with Gasteiger partial charge in [-0.1, -0.05) is 0 Å². The van der Waals surface area contributed by atoms with Crippen molar-refractivity contribution in [2.24, 2.45) is 0 Å². The zero-order valence-electron chi connectivity index (χ0n) is 13.6. The van der Waals surface area contributed by atoms with Crippen molar-refractivity contribution in [3.05, 3.63) is 35.4 Å². The van der Waals surface area contributed by atoms with Crippen molar-refractivity contribution in [2.45, 2.75) is 51.6 Å². The van der Waals surface area contributed by atoms with Gasteiger partial charge in [0.15, 0.2) is 0 Å². The quantitative estimate of drug-likeness (QED) is 0.752. The topological polar surface area (TPSA) is 64.7 Å². The van der Waals surface area contributed by atoms with Crippen LogP contribution in [-0.4, -0.2) is 32.0 Å². The Hall–Kier alpha value is -2.25. The van der Waals surface area contributed by atoms with Crippen LogP contribution in [0.3, 0.4) is 0 Å². The lowest BCUT2D eigenvalue weighted by Gasteiger charge is -2.09. The van der Waals surface area contributed by atoms with Gasteiger partial charge in [-0.25, -0.2) is 8.78 Å². The van der Waals surface area contributed by atoms with E-state index >= 15 is 0 Å². The van der Waals surface area contributed by atoms with Gasteiger partial charge in [-0.15, -0.1) is 0 Å². The number of nitrogens with zero attached hydrogens (tertiary/aromatic N) is 4. The molecule has 1 aliphatic rings. The van der Waals surface area contributed by atoms with E-state index in [2.05, 4.69) is 15.5 Å². The molecule has 1 saturated carbocycles. The Bertz CT molecular complexity index is 705. The summed E-state index contributed by atoms with van der Waals surface area (Å²) in [5.74, 6) is 0.0543. The standard InChI is InChI=1S/C16H21F2N5O/c1-11-5-7-20-22(11)8-2-6-19-15(24)10-23-14(12-3-4-12)9-13(21-23)16(17)18/h5,7,9,12,16H,2-4,6,8,10H2,1H3,(H,19,24). The van der Waals surface area contributed by atoms with E-state index in [4.69, 9.17) is 0 Å². The highest BCUT2D eigenvalue weighted by molar-refractivity contribution is 5.75. The van der Waals surface area contributed by atoms with Crippen LogP contribution in [0.1, 0.15) is 48.7 Å². The molecule has 0 aliphatic heterocycles. The molecule has 1 aliphatic carbocycles. The average Bonchev–Trinajstić information content (AvgIpc) is 3.17. The van der Waals surface area contributed by atoms with Crippen LogP contribution in [0.25, 0.3) is 0 Å². The molecule has 130 valence electrons. The molecule has 3 rings (SSSR count). The average molecular weight is 337 g/mol. The second-order valence-corrected chi connectivity index (χ2v) is 6.13. The normalized spacial score (nSPS) is 14.3. The fraction of sp³-hybridized carbons (Fsp3) is 0.562. The highest BCUT2D eigenvalue weighted by Gasteiger charge is 2.30. The van der Waals surface area contributed by atoms with Gasteiger partial charge >= 0.3 is 0 Å². The van der Waals surface area contributed by atoms with Gasteiger partial charge in [0.25, 0.3) is 6.43 Å². The number of aromatic nitrogens is 4. The first-order valence-corrected chi connectivity index (χ1v) is 8.15. The van der Waals surface area contributed by atoms with Gasteiger partial charge in [-0.05, 0) is 38.3 Å². The molecule has 8 heteroatoms. The first kappa shape index (κ1) is 16.6. The van der Waals surface area contributed by atoms with Crippen LogP contribution in [0.15, 0.2) is 18.3 Å². The lowest BCUT2D eigenvalue weighted by molar-refractivity contribution is -0.121. The van der Waals surface area contributed by atoms with Gasteiger partial charge < -0.3 is 5.32 Å². The van der Waals surface area contributed by atoms with Crippen LogP contribution < -0.4 is 5.32 Å². The minimum Gasteiger partial charge on any atom is -0.354 e. The molecule has 1 amide bonds. The maximum atomic E-state index is 12.8. The smallest absolute Gasteiger partial charge is 0.282 e. The van der Waals surface area contributed by atoms with Crippen molar-refractivity contribution in [1.29, 1.82) is 0 Å². The summed E-state index contributed by atoms with van der Waals surface area (Å²) in [6, 6.07) is 3.35. The van der Waals surface area contributed by atoms with Crippen molar-refractivity contribution in [1.82, 2.24) is 24.9 Å². The van der Waals surface area contributed by atoms with Crippen LogP contribution >= 0.6 is 0 Å². The molecule has 24 heavy (non-hydrogen) atoms. The zero-order valence-corrected chi connectivity index (χ0v) is 13.6. The van der Waals surface area contributed by atoms with Gasteiger partial charge in [0.1, 0.15) is 12.2 Å². The number of amides is 1. The second kappa shape index (κ2) is 7.11. The third-order valence-electron chi connectivity index (χ3n) is 4.14. The van der Waals surface area contributed by atoms with Crippen molar-refractivity contribution in [3.8, 4) is 0 Å². The molecule has 0 aromatic carbocycles. The van der Waals surface area contributed by atoms with Gasteiger partial charge in [-0.3, -0.25) is 14.2 Å².